The van der Waals surface area contributed by atoms with Gasteiger partial charge >= 0.3 is 0 Å². The monoisotopic (exact) mass is 221 g/mol. The minimum Gasteiger partial charge on any atom is -0.473 e. The molecule has 0 aromatic carbocycles. The van der Waals surface area contributed by atoms with E-state index in [4.69, 9.17) is 10.5 Å². The van der Waals surface area contributed by atoms with E-state index in [1.54, 1.807) is 0 Å². The van der Waals surface area contributed by atoms with Crippen LogP contribution in [0.1, 0.15) is 33.1 Å². The van der Waals surface area contributed by atoms with Gasteiger partial charge in [0.25, 0.3) is 0 Å². The van der Waals surface area contributed by atoms with Gasteiger partial charge in [-0.25, -0.2) is 0 Å². The highest BCUT2D eigenvalue weighted by Gasteiger charge is 2.17. The highest BCUT2D eigenvalue weighted by Crippen LogP contribution is 2.26. The second-order valence-corrected chi connectivity index (χ2v) is 4.53. The van der Waals surface area contributed by atoms with Crippen molar-refractivity contribution in [3.05, 3.63) is 12.1 Å². The van der Waals surface area contributed by atoms with E-state index in [1.807, 2.05) is 26.0 Å². The van der Waals surface area contributed by atoms with E-state index in [-0.39, 0.29) is 6.10 Å². The van der Waals surface area contributed by atoms with Crippen LogP contribution in [-0.2, 0) is 0 Å². The zero-order valence-electron chi connectivity index (χ0n) is 9.86. The number of aromatic nitrogens is 1. The molecule has 0 saturated heterocycles. The Labute approximate surface area is 96.2 Å². The molecule has 3 N–H and O–H groups in total. The van der Waals surface area contributed by atoms with Gasteiger partial charge in [-0.15, -0.1) is 0 Å². The van der Waals surface area contributed by atoms with Crippen LogP contribution in [0.4, 0.5) is 11.5 Å². The first kappa shape index (κ1) is 11.0. The Kier molecular flexibility index (Phi) is 3.17. The maximum atomic E-state index is 5.80. The predicted octanol–water partition coefficient (Wildman–Crippen LogP) is 2.42. The molecular formula is C12H19N3O. The summed E-state index contributed by atoms with van der Waals surface area (Å²) in [7, 11) is 0. The van der Waals surface area contributed by atoms with Gasteiger partial charge in [-0.2, -0.15) is 4.98 Å². The summed E-state index contributed by atoms with van der Waals surface area (Å²) >= 11 is 0. The molecule has 0 bridgehead atoms. The van der Waals surface area contributed by atoms with Crippen molar-refractivity contribution in [3.8, 4) is 5.88 Å². The summed E-state index contributed by atoms with van der Waals surface area (Å²) < 4.78 is 5.54. The number of hydrogen-bond acceptors (Lipinski definition) is 4. The summed E-state index contributed by atoms with van der Waals surface area (Å²) in [6.45, 7) is 3.93. The number of nitrogens with one attached hydrogen (secondary N) is 1. The number of nitrogens with two attached hydrogens (primary N) is 1. The Morgan fingerprint density at radius 2 is 2.19 bits per heavy atom. The largest absolute Gasteiger partial charge is 0.473 e. The molecule has 2 rings (SSSR count). The molecule has 4 heteroatoms. The molecule has 0 atom stereocenters. The number of anilines is 2. The van der Waals surface area contributed by atoms with Crippen LogP contribution in [0.5, 0.6) is 5.88 Å². The van der Waals surface area contributed by atoms with Crippen molar-refractivity contribution >= 4 is 11.5 Å². The van der Waals surface area contributed by atoms with Crippen LogP contribution in [0.3, 0.4) is 0 Å². The Bertz CT molecular complexity index is 361. The standard InChI is InChI=1S/C12H19N3O/c1-8(2)16-12-10(13)6-7-11(15-12)14-9-4-3-5-9/h6-9H,3-5,13H2,1-2H3,(H,14,15). The number of rotatable bonds is 4. The predicted molar refractivity (Wildman–Crippen MR) is 65.7 cm³/mol. The fraction of sp³-hybridized carbons (Fsp3) is 0.583. The van der Waals surface area contributed by atoms with E-state index in [1.165, 1.54) is 19.3 Å². The number of nitrogens with zero attached hydrogens (tertiary/aromatic N) is 1. The second-order valence-electron chi connectivity index (χ2n) is 4.53. The molecule has 1 aliphatic carbocycles. The lowest BCUT2D eigenvalue weighted by atomic mass is 9.93. The Morgan fingerprint density at radius 1 is 1.44 bits per heavy atom. The summed E-state index contributed by atoms with van der Waals surface area (Å²) in [6, 6.07) is 4.31. The van der Waals surface area contributed by atoms with E-state index in [9.17, 15) is 0 Å². The number of ether oxygens (including phenoxy) is 1. The molecule has 0 amide bonds. The highest BCUT2D eigenvalue weighted by atomic mass is 16.5. The molecule has 88 valence electrons. The quantitative estimate of drug-likeness (QED) is 0.819. The Hall–Kier alpha value is -1.45. The molecule has 16 heavy (non-hydrogen) atoms. The van der Waals surface area contributed by atoms with E-state index in [2.05, 4.69) is 10.3 Å². The maximum absolute atomic E-state index is 5.80. The second kappa shape index (κ2) is 4.60. The van der Waals surface area contributed by atoms with Gasteiger partial charge in [0, 0.05) is 6.04 Å². The molecule has 1 fully saturated rings. The number of hydrogen-bond donors (Lipinski definition) is 2. The lowest BCUT2D eigenvalue weighted by Gasteiger charge is -2.27. The van der Waals surface area contributed by atoms with Crippen LogP contribution < -0.4 is 15.8 Å². The molecule has 4 nitrogen and oxygen atoms in total. The van der Waals surface area contributed by atoms with E-state index in [0.717, 1.165) is 5.82 Å². The highest BCUT2D eigenvalue weighted by molar-refractivity contribution is 5.54. The van der Waals surface area contributed by atoms with Crippen molar-refractivity contribution in [2.45, 2.75) is 45.3 Å². The van der Waals surface area contributed by atoms with Crippen molar-refractivity contribution in [1.29, 1.82) is 0 Å². The number of nitrogen functional groups attached to an aromatic ring is 1. The zero-order valence-corrected chi connectivity index (χ0v) is 9.86. The third-order valence-corrected chi connectivity index (χ3v) is 2.69. The van der Waals surface area contributed by atoms with Crippen molar-refractivity contribution in [2.24, 2.45) is 0 Å². The topological polar surface area (TPSA) is 60.2 Å². The van der Waals surface area contributed by atoms with Gasteiger partial charge in [0.15, 0.2) is 0 Å². The third-order valence-electron chi connectivity index (χ3n) is 2.69. The van der Waals surface area contributed by atoms with Crippen LogP contribution in [0.25, 0.3) is 0 Å². The maximum Gasteiger partial charge on any atom is 0.239 e. The number of pyridine rings is 1. The summed E-state index contributed by atoms with van der Waals surface area (Å²) in [5.74, 6) is 1.38. The SMILES string of the molecule is CC(C)Oc1nc(NC2CCC2)ccc1N. The van der Waals surface area contributed by atoms with Gasteiger partial charge < -0.3 is 15.8 Å². The van der Waals surface area contributed by atoms with Crippen LogP contribution in [0.2, 0.25) is 0 Å². The average molecular weight is 221 g/mol. The van der Waals surface area contributed by atoms with Crippen molar-refractivity contribution in [3.63, 3.8) is 0 Å². The van der Waals surface area contributed by atoms with Gasteiger partial charge in [0.05, 0.1) is 11.8 Å². The van der Waals surface area contributed by atoms with Gasteiger partial charge in [-0.1, -0.05) is 0 Å². The van der Waals surface area contributed by atoms with Crippen molar-refractivity contribution < 1.29 is 4.74 Å². The molecule has 0 spiro atoms. The van der Waals surface area contributed by atoms with Crippen LogP contribution >= 0.6 is 0 Å². The molecule has 0 unspecified atom stereocenters. The lowest BCUT2D eigenvalue weighted by Crippen LogP contribution is -2.27. The zero-order chi connectivity index (χ0) is 11.5. The summed E-state index contributed by atoms with van der Waals surface area (Å²) in [6.07, 6.45) is 3.86. The Balaban J connectivity index is 2.07. The molecule has 1 aliphatic rings. The molecule has 1 heterocycles. The van der Waals surface area contributed by atoms with E-state index in [0.29, 0.717) is 17.6 Å². The minimum atomic E-state index is 0.0914. The fourth-order valence-electron chi connectivity index (χ4n) is 1.61. The molecule has 0 radical (unpaired) electrons. The van der Waals surface area contributed by atoms with E-state index >= 15 is 0 Å². The van der Waals surface area contributed by atoms with Crippen LogP contribution in [-0.4, -0.2) is 17.1 Å². The smallest absolute Gasteiger partial charge is 0.239 e. The summed E-state index contributed by atoms with van der Waals surface area (Å²) in [4.78, 5) is 4.38. The van der Waals surface area contributed by atoms with E-state index < -0.39 is 0 Å². The molecule has 1 saturated carbocycles. The first-order chi connectivity index (χ1) is 7.65. The fourth-order valence-corrected chi connectivity index (χ4v) is 1.61. The van der Waals surface area contributed by atoms with Gasteiger partial charge in [-0.3, -0.25) is 0 Å². The van der Waals surface area contributed by atoms with Crippen LogP contribution in [0.15, 0.2) is 12.1 Å². The third kappa shape index (κ3) is 2.56. The van der Waals surface area contributed by atoms with Gasteiger partial charge in [0.2, 0.25) is 5.88 Å². The van der Waals surface area contributed by atoms with Crippen molar-refractivity contribution in [2.75, 3.05) is 11.1 Å². The first-order valence-electron chi connectivity index (χ1n) is 5.85. The van der Waals surface area contributed by atoms with Gasteiger partial charge in [-0.05, 0) is 45.2 Å². The first-order valence-corrected chi connectivity index (χ1v) is 5.85. The Morgan fingerprint density at radius 3 is 2.75 bits per heavy atom. The summed E-state index contributed by atoms with van der Waals surface area (Å²) in [5, 5.41) is 3.37. The minimum absolute atomic E-state index is 0.0914. The molecule has 1 aromatic rings. The average Bonchev–Trinajstić information content (AvgIpc) is 2.15. The van der Waals surface area contributed by atoms with Gasteiger partial charge in [0.1, 0.15) is 5.82 Å². The lowest BCUT2D eigenvalue weighted by molar-refractivity contribution is 0.234. The molecular weight excluding hydrogens is 202 g/mol. The normalized spacial score (nSPS) is 15.9. The van der Waals surface area contributed by atoms with Crippen molar-refractivity contribution in [1.82, 2.24) is 4.98 Å². The summed E-state index contributed by atoms with van der Waals surface area (Å²) in [5.41, 5.74) is 6.39. The molecule has 1 aromatic heterocycles. The molecule has 0 aliphatic heterocycles. The van der Waals surface area contributed by atoms with Crippen LogP contribution in [0, 0.1) is 0 Å².